The van der Waals surface area contributed by atoms with Gasteiger partial charge in [0.15, 0.2) is 11.3 Å². The summed E-state index contributed by atoms with van der Waals surface area (Å²) in [6.45, 7) is 8.16. The Morgan fingerprint density at radius 2 is 1.19 bits per heavy atom. The number of carbonyl (C=O) groups is 2. The first-order chi connectivity index (χ1) is 25.1. The Morgan fingerprint density at radius 3 is 1.79 bits per heavy atom. The number of fused-ring (bicyclic) bond motifs is 2. The summed E-state index contributed by atoms with van der Waals surface area (Å²) < 4.78 is 6.61. The van der Waals surface area contributed by atoms with Crippen molar-refractivity contribution >= 4 is 34.5 Å². The van der Waals surface area contributed by atoms with Gasteiger partial charge in [-0.05, 0) is 63.1 Å². The van der Waals surface area contributed by atoms with E-state index < -0.39 is 0 Å². The van der Waals surface area contributed by atoms with Crippen LogP contribution >= 0.6 is 0 Å². The second kappa shape index (κ2) is 13.7. The number of hydrogen-bond donors (Lipinski definition) is 2. The highest BCUT2D eigenvalue weighted by molar-refractivity contribution is 6.10. The summed E-state index contributed by atoms with van der Waals surface area (Å²) in [7, 11) is 3.70. The summed E-state index contributed by atoms with van der Waals surface area (Å²) >= 11 is 0. The second-order valence-corrected chi connectivity index (χ2v) is 12.5. The minimum absolute atomic E-state index is 0.266. The molecule has 0 aliphatic heterocycles. The molecule has 0 saturated heterocycles. The number of rotatable bonds is 6. The van der Waals surface area contributed by atoms with Gasteiger partial charge >= 0.3 is 0 Å². The number of carbonyl (C=O) groups excluding carboxylic acids is 2. The normalized spacial score (nSPS) is 11.0. The van der Waals surface area contributed by atoms with E-state index in [-0.39, 0.29) is 11.8 Å². The van der Waals surface area contributed by atoms with Crippen molar-refractivity contribution in [1.29, 1.82) is 0 Å². The third-order valence-electron chi connectivity index (χ3n) is 8.61. The standard InChI is InChI=1S/2C19H18N6O/c1-12-5-6-13(2)14(9-12)17-16(11-21-24(17)3)23-19(26)15-10-22-25-8-4-7-20-18(15)25;1-12-5-6-13(2)14(9-12)17-16(11-24(3)23-17)22-19(26)15-10-21-25-8-4-7-20-18(15)25/h4-11H,1-3H3,(H,23,26);4-11H,1-3H3,(H,22,26). The van der Waals surface area contributed by atoms with E-state index in [9.17, 15) is 9.59 Å². The van der Waals surface area contributed by atoms with E-state index in [4.69, 9.17) is 0 Å². The van der Waals surface area contributed by atoms with Gasteiger partial charge in [-0.25, -0.2) is 19.0 Å². The van der Waals surface area contributed by atoms with E-state index in [0.717, 1.165) is 44.8 Å². The molecule has 6 aromatic heterocycles. The molecule has 0 aliphatic carbocycles. The van der Waals surface area contributed by atoms with Crippen molar-refractivity contribution in [3.05, 3.63) is 131 Å². The van der Waals surface area contributed by atoms with Gasteiger partial charge in [-0.1, -0.05) is 35.4 Å². The van der Waals surface area contributed by atoms with Gasteiger partial charge in [0.2, 0.25) is 0 Å². The van der Waals surface area contributed by atoms with Gasteiger partial charge in [0.1, 0.15) is 16.8 Å². The fourth-order valence-electron chi connectivity index (χ4n) is 5.96. The van der Waals surface area contributed by atoms with Gasteiger partial charge in [0, 0.05) is 56.2 Å². The van der Waals surface area contributed by atoms with Crippen molar-refractivity contribution in [2.24, 2.45) is 14.1 Å². The molecule has 8 aromatic rings. The number of benzene rings is 2. The summed E-state index contributed by atoms with van der Waals surface area (Å²) in [6.07, 6.45) is 13.3. The summed E-state index contributed by atoms with van der Waals surface area (Å²) in [5.41, 5.74) is 11.3. The number of nitrogens with one attached hydrogen (secondary N) is 2. The highest BCUT2D eigenvalue weighted by atomic mass is 16.2. The highest BCUT2D eigenvalue weighted by Gasteiger charge is 2.20. The molecule has 0 spiro atoms. The molecule has 0 bridgehead atoms. The van der Waals surface area contributed by atoms with Crippen LogP contribution in [0.1, 0.15) is 43.0 Å². The molecule has 0 radical (unpaired) electrons. The lowest BCUT2D eigenvalue weighted by molar-refractivity contribution is 0.102. The van der Waals surface area contributed by atoms with Gasteiger partial charge in [-0.2, -0.15) is 20.4 Å². The molecule has 8 rings (SSSR count). The van der Waals surface area contributed by atoms with Crippen molar-refractivity contribution in [1.82, 2.24) is 48.8 Å². The zero-order chi connectivity index (χ0) is 36.5. The van der Waals surface area contributed by atoms with E-state index >= 15 is 0 Å². The van der Waals surface area contributed by atoms with Crippen LogP contribution in [0.4, 0.5) is 11.4 Å². The third kappa shape index (κ3) is 6.52. The number of nitrogens with zero attached hydrogens (tertiary/aromatic N) is 10. The van der Waals surface area contributed by atoms with E-state index in [1.807, 2.05) is 41.8 Å². The maximum atomic E-state index is 12.8. The van der Waals surface area contributed by atoms with Crippen LogP contribution in [0.25, 0.3) is 33.8 Å². The van der Waals surface area contributed by atoms with Crippen LogP contribution in [-0.2, 0) is 14.1 Å². The molecule has 2 N–H and O–H groups in total. The molecule has 52 heavy (non-hydrogen) atoms. The Hall–Kier alpha value is -6.96. The van der Waals surface area contributed by atoms with Gasteiger partial charge in [-0.3, -0.25) is 19.0 Å². The number of amides is 2. The Balaban J connectivity index is 0.000000162. The smallest absolute Gasteiger partial charge is 0.261 e. The lowest BCUT2D eigenvalue weighted by atomic mass is 10.0. The lowest BCUT2D eigenvalue weighted by Gasteiger charge is -2.11. The van der Waals surface area contributed by atoms with Crippen molar-refractivity contribution in [2.75, 3.05) is 10.6 Å². The van der Waals surface area contributed by atoms with Crippen LogP contribution < -0.4 is 10.6 Å². The Labute approximate surface area is 298 Å². The fourth-order valence-corrected chi connectivity index (χ4v) is 5.96. The molecule has 0 saturated carbocycles. The van der Waals surface area contributed by atoms with Gasteiger partial charge in [0.25, 0.3) is 11.8 Å². The number of hydrogen-bond acceptors (Lipinski definition) is 8. The maximum absolute atomic E-state index is 12.8. The first-order valence-electron chi connectivity index (χ1n) is 16.5. The van der Waals surface area contributed by atoms with Crippen LogP contribution in [0.2, 0.25) is 0 Å². The number of aromatic nitrogens is 10. The lowest BCUT2D eigenvalue weighted by Crippen LogP contribution is -2.12. The first-order valence-corrected chi connectivity index (χ1v) is 16.5. The molecule has 0 atom stereocenters. The largest absolute Gasteiger partial charge is 0.319 e. The molecule has 0 unspecified atom stereocenters. The average Bonchev–Trinajstić information content (AvgIpc) is 3.92. The Kier molecular flexibility index (Phi) is 8.86. The van der Waals surface area contributed by atoms with Gasteiger partial charge in [0.05, 0.1) is 35.7 Å². The topological polar surface area (TPSA) is 154 Å². The van der Waals surface area contributed by atoms with E-state index in [1.165, 1.54) is 12.4 Å². The average molecular weight is 693 g/mol. The van der Waals surface area contributed by atoms with Crippen LogP contribution in [0.15, 0.2) is 98.1 Å². The molecular weight excluding hydrogens is 656 g/mol. The molecule has 6 heterocycles. The van der Waals surface area contributed by atoms with Crippen molar-refractivity contribution in [2.45, 2.75) is 27.7 Å². The van der Waals surface area contributed by atoms with Gasteiger partial charge < -0.3 is 10.6 Å². The third-order valence-corrected chi connectivity index (χ3v) is 8.61. The molecule has 2 aromatic carbocycles. The minimum Gasteiger partial charge on any atom is -0.319 e. The van der Waals surface area contributed by atoms with Crippen LogP contribution in [0.5, 0.6) is 0 Å². The molecule has 2 amide bonds. The summed E-state index contributed by atoms with van der Waals surface area (Å²) in [5.74, 6) is -0.531. The van der Waals surface area contributed by atoms with Crippen LogP contribution in [0, 0.1) is 27.7 Å². The first kappa shape index (κ1) is 33.5. The van der Waals surface area contributed by atoms with E-state index in [1.54, 1.807) is 67.7 Å². The summed E-state index contributed by atoms with van der Waals surface area (Å²) in [5, 5.41) is 23.1. The molecule has 14 heteroatoms. The number of aryl methyl sites for hydroxylation is 6. The zero-order valence-corrected chi connectivity index (χ0v) is 29.5. The molecule has 14 nitrogen and oxygen atoms in total. The van der Waals surface area contributed by atoms with Crippen molar-refractivity contribution in [3.8, 4) is 22.5 Å². The van der Waals surface area contributed by atoms with Crippen molar-refractivity contribution < 1.29 is 9.59 Å². The predicted molar refractivity (Wildman–Crippen MR) is 198 cm³/mol. The minimum atomic E-state index is -0.266. The SMILES string of the molecule is Cc1ccc(C)c(-c2c(NC(=O)c3cnn4cccnc34)cnn2C)c1.Cc1ccc(C)c(-c2nn(C)cc2NC(=O)c2cnn3cccnc23)c1. The Morgan fingerprint density at radius 1 is 0.654 bits per heavy atom. The Bertz CT molecular complexity index is 2520. The molecular formula is C38H36N12O2. The monoisotopic (exact) mass is 692 g/mol. The molecule has 0 fully saturated rings. The quantitative estimate of drug-likeness (QED) is 0.215. The maximum Gasteiger partial charge on any atom is 0.261 e. The fraction of sp³-hybridized carbons (Fsp3) is 0.158. The number of anilines is 2. The van der Waals surface area contributed by atoms with Crippen LogP contribution in [-0.4, -0.2) is 60.6 Å². The van der Waals surface area contributed by atoms with Gasteiger partial charge in [-0.15, -0.1) is 0 Å². The summed E-state index contributed by atoms with van der Waals surface area (Å²) in [6, 6.07) is 16.0. The van der Waals surface area contributed by atoms with Crippen LogP contribution in [0.3, 0.4) is 0 Å². The predicted octanol–water partition coefficient (Wildman–Crippen LogP) is 6.00. The molecule has 0 aliphatic rings. The van der Waals surface area contributed by atoms with E-state index in [0.29, 0.717) is 33.8 Å². The summed E-state index contributed by atoms with van der Waals surface area (Å²) in [4.78, 5) is 34.1. The van der Waals surface area contributed by atoms with Crippen molar-refractivity contribution in [3.63, 3.8) is 0 Å². The zero-order valence-electron chi connectivity index (χ0n) is 29.5. The molecule has 260 valence electrons. The second-order valence-electron chi connectivity index (χ2n) is 12.5. The van der Waals surface area contributed by atoms with E-state index in [2.05, 4.69) is 77.4 Å². The highest BCUT2D eigenvalue weighted by Crippen LogP contribution is 2.32.